The van der Waals surface area contributed by atoms with Crippen LogP contribution in [-0.4, -0.2) is 41.0 Å². The van der Waals surface area contributed by atoms with Crippen molar-refractivity contribution in [3.63, 3.8) is 0 Å². The van der Waals surface area contributed by atoms with Crippen LogP contribution in [0.15, 0.2) is 47.1 Å². The van der Waals surface area contributed by atoms with E-state index < -0.39 is 23.7 Å². The van der Waals surface area contributed by atoms with E-state index >= 15 is 0 Å². The highest BCUT2D eigenvalue weighted by atomic mass is 16.6. The van der Waals surface area contributed by atoms with Gasteiger partial charge in [-0.05, 0) is 74.1 Å². The van der Waals surface area contributed by atoms with Crippen LogP contribution in [0, 0.1) is 29.6 Å². The Hall–Kier alpha value is -2.84. The van der Waals surface area contributed by atoms with E-state index in [2.05, 4.69) is 17.6 Å². The molecule has 1 aromatic heterocycles. The van der Waals surface area contributed by atoms with E-state index in [0.717, 1.165) is 5.56 Å². The zero-order valence-corrected chi connectivity index (χ0v) is 21.3. The van der Waals surface area contributed by atoms with Gasteiger partial charge in [0.1, 0.15) is 11.9 Å². The topological polar surface area (TPSA) is 121 Å². The van der Waals surface area contributed by atoms with Crippen molar-refractivity contribution in [3.05, 3.63) is 54.0 Å². The van der Waals surface area contributed by atoms with E-state index in [9.17, 15) is 19.8 Å². The Kier molecular flexibility index (Phi) is 7.76. The number of aliphatic hydroxyl groups excluding tert-OH is 2. The minimum absolute atomic E-state index is 0.0211. The van der Waals surface area contributed by atoms with Crippen LogP contribution in [0.5, 0.6) is 0 Å². The van der Waals surface area contributed by atoms with E-state index in [1.54, 1.807) is 18.4 Å². The molecule has 196 valence electrons. The summed E-state index contributed by atoms with van der Waals surface area (Å²) >= 11 is 0. The number of nitrogens with one attached hydrogen (secondary N) is 2. The average Bonchev–Trinajstić information content (AvgIpc) is 3.37. The third-order valence-electron chi connectivity index (χ3n) is 8.67. The van der Waals surface area contributed by atoms with Gasteiger partial charge in [0.15, 0.2) is 0 Å². The van der Waals surface area contributed by atoms with Gasteiger partial charge in [0.05, 0.1) is 25.5 Å². The van der Waals surface area contributed by atoms with Gasteiger partial charge in [0.2, 0.25) is 5.91 Å². The molecule has 1 heterocycles. The van der Waals surface area contributed by atoms with Gasteiger partial charge in [-0.15, -0.1) is 0 Å². The fourth-order valence-corrected chi connectivity index (χ4v) is 6.56. The second-order valence-corrected chi connectivity index (χ2v) is 11.0. The van der Waals surface area contributed by atoms with Crippen LogP contribution in [0.25, 0.3) is 0 Å². The molecule has 4 N–H and O–H groups in total. The lowest BCUT2D eigenvalue weighted by Crippen LogP contribution is -2.61. The van der Waals surface area contributed by atoms with Crippen molar-refractivity contribution in [2.45, 2.75) is 71.6 Å². The Balaban J connectivity index is 1.45. The standard InChI is InChI=1S/C28H38N2O6/c1-18-6-8-19(9-7-18)30-26(34)36-24-12-13-27(2)21(15-25(33)29-16-20-5-4-14-35-20)22(32)10-11-23(27)28(24,3)17-31/h4-9,14,21-24,31-32H,10-13,15-17H2,1-3H3,(H,29,33)(H,30,34)/t21-,22-,23+,24-,27+,28+/m1/s1. The highest BCUT2D eigenvalue weighted by Gasteiger charge is 2.60. The smallest absolute Gasteiger partial charge is 0.411 e. The van der Waals surface area contributed by atoms with E-state index in [1.807, 2.05) is 38.1 Å². The van der Waals surface area contributed by atoms with Gasteiger partial charge >= 0.3 is 6.09 Å². The molecule has 0 radical (unpaired) electrons. The molecule has 0 aliphatic heterocycles. The number of fused-ring (bicyclic) bond motifs is 1. The minimum Gasteiger partial charge on any atom is -0.467 e. The normalized spacial score (nSPS) is 31.8. The molecule has 6 atom stereocenters. The van der Waals surface area contributed by atoms with E-state index in [1.165, 1.54) is 0 Å². The minimum atomic E-state index is -0.694. The van der Waals surface area contributed by atoms with E-state index in [0.29, 0.717) is 43.7 Å². The summed E-state index contributed by atoms with van der Waals surface area (Å²) in [5, 5.41) is 27.2. The maximum absolute atomic E-state index is 12.8. The molecule has 2 saturated carbocycles. The third kappa shape index (κ3) is 5.30. The van der Waals surface area contributed by atoms with Crippen LogP contribution >= 0.6 is 0 Å². The predicted molar refractivity (Wildman–Crippen MR) is 135 cm³/mol. The molecule has 4 rings (SSSR count). The molecule has 1 aromatic carbocycles. The number of amides is 2. The van der Waals surface area contributed by atoms with Crippen LogP contribution < -0.4 is 10.6 Å². The van der Waals surface area contributed by atoms with Crippen LogP contribution in [-0.2, 0) is 16.1 Å². The molecule has 8 nitrogen and oxygen atoms in total. The van der Waals surface area contributed by atoms with Crippen molar-refractivity contribution in [1.29, 1.82) is 0 Å². The molecule has 0 unspecified atom stereocenters. The summed E-state index contributed by atoms with van der Waals surface area (Å²) in [5.74, 6) is 0.248. The largest absolute Gasteiger partial charge is 0.467 e. The molecular formula is C28H38N2O6. The molecule has 2 aliphatic carbocycles. The first kappa shape index (κ1) is 26.2. The van der Waals surface area contributed by atoms with Gasteiger partial charge in [0, 0.05) is 17.5 Å². The summed E-state index contributed by atoms with van der Waals surface area (Å²) in [6.07, 6.45) is 2.58. The number of hydrogen-bond acceptors (Lipinski definition) is 6. The van der Waals surface area contributed by atoms with Crippen molar-refractivity contribution < 1.29 is 29.0 Å². The third-order valence-corrected chi connectivity index (χ3v) is 8.67. The number of ether oxygens (including phenoxy) is 1. The lowest BCUT2D eigenvalue weighted by molar-refractivity contribution is -0.185. The molecule has 2 aliphatic rings. The lowest BCUT2D eigenvalue weighted by Gasteiger charge is -2.60. The summed E-state index contributed by atoms with van der Waals surface area (Å²) in [7, 11) is 0. The van der Waals surface area contributed by atoms with Crippen molar-refractivity contribution >= 4 is 17.7 Å². The summed E-state index contributed by atoms with van der Waals surface area (Å²) in [6.45, 7) is 6.20. The highest BCUT2D eigenvalue weighted by Crippen LogP contribution is 2.61. The Morgan fingerprint density at radius 1 is 1.14 bits per heavy atom. The monoisotopic (exact) mass is 498 g/mol. The molecule has 36 heavy (non-hydrogen) atoms. The van der Waals surface area contributed by atoms with E-state index in [4.69, 9.17) is 9.15 Å². The van der Waals surface area contributed by atoms with Gasteiger partial charge in [-0.1, -0.05) is 31.5 Å². The fourth-order valence-electron chi connectivity index (χ4n) is 6.56. The first-order valence-electron chi connectivity index (χ1n) is 12.8. The number of rotatable bonds is 7. The van der Waals surface area contributed by atoms with Gasteiger partial charge < -0.3 is 24.7 Å². The quantitative estimate of drug-likeness (QED) is 0.449. The van der Waals surface area contributed by atoms with Crippen LogP contribution in [0.2, 0.25) is 0 Å². The predicted octanol–water partition coefficient (Wildman–Crippen LogP) is 4.40. The van der Waals surface area contributed by atoms with Crippen LogP contribution in [0.4, 0.5) is 10.5 Å². The van der Waals surface area contributed by atoms with Gasteiger partial charge in [-0.25, -0.2) is 4.79 Å². The molecular weight excluding hydrogens is 460 g/mol. The summed E-state index contributed by atoms with van der Waals surface area (Å²) in [5.41, 5.74) is 0.667. The van der Waals surface area contributed by atoms with Gasteiger partial charge in [-0.3, -0.25) is 10.1 Å². The molecule has 8 heteroatoms. The van der Waals surface area contributed by atoms with Crippen molar-refractivity contribution in [1.82, 2.24) is 5.32 Å². The molecule has 2 aromatic rings. The van der Waals surface area contributed by atoms with Gasteiger partial charge in [0.25, 0.3) is 0 Å². The second kappa shape index (κ2) is 10.6. The van der Waals surface area contributed by atoms with Crippen molar-refractivity contribution in [2.24, 2.45) is 22.7 Å². The number of benzene rings is 1. The number of aliphatic hydroxyl groups is 2. The zero-order chi connectivity index (χ0) is 25.9. The van der Waals surface area contributed by atoms with Crippen LogP contribution in [0.3, 0.4) is 0 Å². The summed E-state index contributed by atoms with van der Waals surface area (Å²) < 4.78 is 11.2. The van der Waals surface area contributed by atoms with Crippen molar-refractivity contribution in [2.75, 3.05) is 11.9 Å². The SMILES string of the molecule is Cc1ccc(NC(=O)O[C@@H]2CC[C@]3(C)[C@H](CC[C@@H](O)[C@H]3CC(=O)NCc3ccco3)[C@]2(C)CO)cc1. The molecule has 0 spiro atoms. The number of hydrogen-bond donors (Lipinski definition) is 4. The summed E-state index contributed by atoms with van der Waals surface area (Å²) in [6, 6.07) is 11.1. The molecule has 0 bridgehead atoms. The molecule has 2 amide bonds. The Bertz CT molecular complexity index is 1040. The van der Waals surface area contributed by atoms with Crippen LogP contribution in [0.1, 0.15) is 57.3 Å². The Morgan fingerprint density at radius 3 is 2.56 bits per heavy atom. The Morgan fingerprint density at radius 2 is 1.89 bits per heavy atom. The molecule has 0 saturated heterocycles. The number of furan rings is 1. The van der Waals surface area contributed by atoms with Crippen molar-refractivity contribution in [3.8, 4) is 0 Å². The lowest BCUT2D eigenvalue weighted by atomic mass is 9.46. The van der Waals surface area contributed by atoms with Gasteiger partial charge in [-0.2, -0.15) is 0 Å². The number of anilines is 1. The maximum Gasteiger partial charge on any atom is 0.411 e. The zero-order valence-electron chi connectivity index (χ0n) is 21.3. The second-order valence-electron chi connectivity index (χ2n) is 11.0. The first-order valence-corrected chi connectivity index (χ1v) is 12.8. The Labute approximate surface area is 212 Å². The maximum atomic E-state index is 12.8. The number of aryl methyl sites for hydroxylation is 1. The average molecular weight is 499 g/mol. The summed E-state index contributed by atoms with van der Waals surface area (Å²) in [4.78, 5) is 25.5. The fraction of sp³-hybridized carbons (Fsp3) is 0.571. The number of carbonyl (C=O) groups excluding carboxylic acids is 2. The molecule has 2 fully saturated rings. The number of carbonyl (C=O) groups is 2. The first-order chi connectivity index (χ1) is 17.2. The highest BCUT2D eigenvalue weighted by molar-refractivity contribution is 5.84. The van der Waals surface area contributed by atoms with E-state index in [-0.39, 0.29) is 36.2 Å².